The molecule has 2 aliphatic heterocycles. The summed E-state index contributed by atoms with van der Waals surface area (Å²) in [5, 5.41) is 3.49. The van der Waals surface area contributed by atoms with Gasteiger partial charge in [0.25, 0.3) is 0 Å². The lowest BCUT2D eigenvalue weighted by atomic mass is 10.1. The second-order valence-electron chi connectivity index (χ2n) is 4.92. The SMILES string of the molecule is C1=CN2C=C(c3ccccc3)NC2=Cc2ccccc21. The molecule has 0 bridgehead atoms. The number of benzene rings is 2. The Morgan fingerprint density at radius 3 is 2.40 bits per heavy atom. The van der Waals surface area contributed by atoms with E-state index in [4.69, 9.17) is 0 Å². The number of fused-ring (bicyclic) bond motifs is 2. The maximum atomic E-state index is 3.49. The van der Waals surface area contributed by atoms with Crippen LogP contribution in [0.25, 0.3) is 17.8 Å². The highest BCUT2D eigenvalue weighted by molar-refractivity contribution is 5.75. The number of hydrogen-bond donors (Lipinski definition) is 1. The molecule has 2 aromatic rings. The van der Waals surface area contributed by atoms with Gasteiger partial charge in [0.05, 0.1) is 5.70 Å². The molecule has 0 atom stereocenters. The van der Waals surface area contributed by atoms with Crippen molar-refractivity contribution in [3.05, 3.63) is 89.5 Å². The van der Waals surface area contributed by atoms with Crippen LogP contribution in [-0.2, 0) is 0 Å². The zero-order valence-corrected chi connectivity index (χ0v) is 11.0. The number of rotatable bonds is 1. The van der Waals surface area contributed by atoms with Gasteiger partial charge in [-0.05, 0) is 28.8 Å². The van der Waals surface area contributed by atoms with E-state index in [-0.39, 0.29) is 0 Å². The Morgan fingerprint density at radius 1 is 0.800 bits per heavy atom. The third-order valence-corrected chi connectivity index (χ3v) is 3.60. The molecule has 0 fully saturated rings. The summed E-state index contributed by atoms with van der Waals surface area (Å²) in [6.07, 6.45) is 8.55. The van der Waals surface area contributed by atoms with Gasteiger partial charge in [0, 0.05) is 12.4 Å². The van der Waals surface area contributed by atoms with Crippen LogP contribution >= 0.6 is 0 Å². The molecule has 2 nitrogen and oxygen atoms in total. The zero-order chi connectivity index (χ0) is 13.4. The van der Waals surface area contributed by atoms with Crippen LogP contribution in [0.5, 0.6) is 0 Å². The van der Waals surface area contributed by atoms with E-state index in [9.17, 15) is 0 Å². The summed E-state index contributed by atoms with van der Waals surface area (Å²) in [7, 11) is 0. The molecule has 0 unspecified atom stereocenters. The molecule has 2 aliphatic rings. The molecule has 20 heavy (non-hydrogen) atoms. The van der Waals surface area contributed by atoms with Gasteiger partial charge in [0.1, 0.15) is 5.82 Å². The summed E-state index contributed by atoms with van der Waals surface area (Å²) < 4.78 is 0. The maximum absolute atomic E-state index is 3.49. The Morgan fingerprint density at radius 2 is 1.55 bits per heavy atom. The Labute approximate surface area is 118 Å². The highest BCUT2D eigenvalue weighted by Crippen LogP contribution is 2.28. The van der Waals surface area contributed by atoms with E-state index in [0.29, 0.717) is 0 Å². The van der Waals surface area contributed by atoms with Gasteiger partial charge in [0.2, 0.25) is 0 Å². The molecule has 0 spiro atoms. The lowest BCUT2D eigenvalue weighted by molar-refractivity contribution is 0.640. The average Bonchev–Trinajstić information content (AvgIpc) is 2.82. The van der Waals surface area contributed by atoms with Gasteiger partial charge >= 0.3 is 0 Å². The summed E-state index contributed by atoms with van der Waals surface area (Å²) in [6.45, 7) is 0. The summed E-state index contributed by atoms with van der Waals surface area (Å²) in [5.74, 6) is 1.09. The Hall–Kier alpha value is -2.74. The first kappa shape index (κ1) is 11.1. The van der Waals surface area contributed by atoms with E-state index in [2.05, 4.69) is 83.3 Å². The Bertz CT molecular complexity index is 739. The van der Waals surface area contributed by atoms with Crippen molar-refractivity contribution in [3.63, 3.8) is 0 Å². The van der Waals surface area contributed by atoms with E-state index >= 15 is 0 Å². The van der Waals surface area contributed by atoms with E-state index in [1.165, 1.54) is 16.7 Å². The molecule has 96 valence electrons. The highest BCUT2D eigenvalue weighted by Gasteiger charge is 2.18. The molecule has 2 aromatic carbocycles. The number of nitrogens with zero attached hydrogens (tertiary/aromatic N) is 1. The predicted octanol–water partition coefficient (Wildman–Crippen LogP) is 3.87. The lowest BCUT2D eigenvalue weighted by Gasteiger charge is -2.10. The largest absolute Gasteiger partial charge is 0.340 e. The van der Waals surface area contributed by atoms with E-state index in [1.54, 1.807) is 0 Å². The predicted molar refractivity (Wildman–Crippen MR) is 82.8 cm³/mol. The molecule has 0 aromatic heterocycles. The van der Waals surface area contributed by atoms with Crippen molar-refractivity contribution >= 4 is 17.8 Å². The van der Waals surface area contributed by atoms with Crippen molar-refractivity contribution in [2.24, 2.45) is 0 Å². The third-order valence-electron chi connectivity index (χ3n) is 3.60. The summed E-state index contributed by atoms with van der Waals surface area (Å²) in [4.78, 5) is 2.13. The molecule has 4 rings (SSSR count). The van der Waals surface area contributed by atoms with Crippen LogP contribution in [0.1, 0.15) is 16.7 Å². The van der Waals surface area contributed by atoms with Crippen molar-refractivity contribution in [2.75, 3.05) is 0 Å². The van der Waals surface area contributed by atoms with Gasteiger partial charge < -0.3 is 10.2 Å². The number of nitrogens with one attached hydrogen (secondary N) is 1. The van der Waals surface area contributed by atoms with Crippen LogP contribution in [0.3, 0.4) is 0 Å². The van der Waals surface area contributed by atoms with Crippen molar-refractivity contribution in [3.8, 4) is 0 Å². The minimum atomic E-state index is 1.09. The van der Waals surface area contributed by atoms with Gasteiger partial charge in [-0.3, -0.25) is 0 Å². The molecule has 0 saturated heterocycles. The van der Waals surface area contributed by atoms with Gasteiger partial charge in [0.15, 0.2) is 0 Å². The first-order valence-corrected chi connectivity index (χ1v) is 6.72. The molecule has 0 amide bonds. The zero-order valence-electron chi connectivity index (χ0n) is 11.0. The molecule has 0 aliphatic carbocycles. The fourth-order valence-electron chi connectivity index (χ4n) is 2.54. The molecule has 1 N–H and O–H groups in total. The van der Waals surface area contributed by atoms with E-state index in [0.717, 1.165) is 11.5 Å². The fourth-order valence-corrected chi connectivity index (χ4v) is 2.54. The summed E-state index contributed by atoms with van der Waals surface area (Å²) >= 11 is 0. The molecular weight excluding hydrogens is 244 g/mol. The van der Waals surface area contributed by atoms with E-state index in [1.807, 2.05) is 6.07 Å². The van der Waals surface area contributed by atoms with E-state index < -0.39 is 0 Å². The van der Waals surface area contributed by atoms with Crippen LogP contribution in [-0.4, -0.2) is 4.90 Å². The smallest absolute Gasteiger partial charge is 0.115 e. The first-order chi connectivity index (χ1) is 9.90. The van der Waals surface area contributed by atoms with Crippen molar-refractivity contribution < 1.29 is 0 Å². The molecule has 0 radical (unpaired) electrons. The average molecular weight is 258 g/mol. The van der Waals surface area contributed by atoms with Crippen molar-refractivity contribution in [1.82, 2.24) is 10.2 Å². The van der Waals surface area contributed by atoms with Crippen LogP contribution < -0.4 is 5.32 Å². The van der Waals surface area contributed by atoms with Crippen LogP contribution in [0.4, 0.5) is 0 Å². The number of hydrogen-bond acceptors (Lipinski definition) is 2. The van der Waals surface area contributed by atoms with Crippen molar-refractivity contribution in [2.45, 2.75) is 0 Å². The summed E-state index contributed by atoms with van der Waals surface area (Å²) in [5.41, 5.74) is 4.80. The second-order valence-corrected chi connectivity index (χ2v) is 4.92. The molecule has 0 saturated carbocycles. The standard InChI is InChI=1S/C18H14N2/c1-2-7-15(8-3-1)17-13-20-11-10-14-6-4-5-9-16(14)12-18(20)19-17/h1-13,19H. The minimum Gasteiger partial charge on any atom is -0.340 e. The van der Waals surface area contributed by atoms with Crippen LogP contribution in [0.2, 0.25) is 0 Å². The topological polar surface area (TPSA) is 15.3 Å². The molecule has 2 heteroatoms. The van der Waals surface area contributed by atoms with Crippen LogP contribution in [0, 0.1) is 0 Å². The summed E-state index contributed by atoms with van der Waals surface area (Å²) in [6, 6.07) is 18.8. The molecular formula is C18H14N2. The normalized spacial score (nSPS) is 15.7. The first-order valence-electron chi connectivity index (χ1n) is 6.72. The van der Waals surface area contributed by atoms with Gasteiger partial charge in [-0.2, -0.15) is 0 Å². The molecule has 2 heterocycles. The highest BCUT2D eigenvalue weighted by atomic mass is 15.3. The third kappa shape index (κ3) is 1.82. The fraction of sp³-hybridized carbons (Fsp3) is 0. The quantitative estimate of drug-likeness (QED) is 0.835. The monoisotopic (exact) mass is 258 g/mol. The maximum Gasteiger partial charge on any atom is 0.115 e. The van der Waals surface area contributed by atoms with Gasteiger partial charge in [-0.15, -0.1) is 0 Å². The van der Waals surface area contributed by atoms with Gasteiger partial charge in [-0.25, -0.2) is 0 Å². The lowest BCUT2D eigenvalue weighted by Crippen LogP contribution is -2.12. The van der Waals surface area contributed by atoms with Crippen LogP contribution in [0.15, 0.2) is 72.8 Å². The Balaban J connectivity index is 1.74. The van der Waals surface area contributed by atoms with Crippen molar-refractivity contribution in [1.29, 1.82) is 0 Å². The minimum absolute atomic E-state index is 1.09. The van der Waals surface area contributed by atoms with Gasteiger partial charge in [-0.1, -0.05) is 54.6 Å². The Kier molecular flexibility index (Phi) is 2.46. The second kappa shape index (κ2) is 4.42.